The number of aliphatic carboxylic acids is 1. The van der Waals surface area contributed by atoms with Crippen molar-refractivity contribution in [3.05, 3.63) is 35.4 Å². The molecule has 0 saturated heterocycles. The topological polar surface area (TPSA) is 57.6 Å². The van der Waals surface area contributed by atoms with Gasteiger partial charge in [0.25, 0.3) is 5.91 Å². The number of hydrogen-bond acceptors (Lipinski definition) is 2. The van der Waals surface area contributed by atoms with Gasteiger partial charge in [0.15, 0.2) is 0 Å². The van der Waals surface area contributed by atoms with Crippen molar-refractivity contribution < 1.29 is 14.7 Å². The molecule has 1 aromatic carbocycles. The zero-order valence-electron chi connectivity index (χ0n) is 11.9. The molecular weight excluding hydrogens is 242 g/mol. The predicted molar refractivity (Wildman–Crippen MR) is 74.2 cm³/mol. The number of aryl methyl sites for hydroxylation is 1. The minimum atomic E-state index is -1.22. The van der Waals surface area contributed by atoms with Crippen LogP contribution in [0.5, 0.6) is 0 Å². The zero-order valence-corrected chi connectivity index (χ0v) is 11.9. The maximum absolute atomic E-state index is 12.2. The molecule has 0 aromatic heterocycles. The predicted octanol–water partition coefficient (Wildman–Crippen LogP) is 2.57. The summed E-state index contributed by atoms with van der Waals surface area (Å²) in [6, 6.07) is 7.33. The Morgan fingerprint density at radius 1 is 1.21 bits per heavy atom. The standard InChI is InChI=1S/C15H21NO3/c1-5-6-11-7-9-12(10-8-11)13(17)16(4)15(2,3)14(18)19/h7-10H,5-6H2,1-4H3,(H,18,19). The normalized spacial score (nSPS) is 11.2. The number of hydrogen-bond donors (Lipinski definition) is 1. The van der Waals surface area contributed by atoms with Crippen molar-refractivity contribution in [1.29, 1.82) is 0 Å². The first-order valence-corrected chi connectivity index (χ1v) is 6.41. The van der Waals surface area contributed by atoms with E-state index in [9.17, 15) is 9.59 Å². The van der Waals surface area contributed by atoms with E-state index in [4.69, 9.17) is 5.11 Å². The Hall–Kier alpha value is -1.84. The minimum Gasteiger partial charge on any atom is -0.480 e. The lowest BCUT2D eigenvalue weighted by Gasteiger charge is -2.31. The average Bonchev–Trinajstić information content (AvgIpc) is 2.38. The summed E-state index contributed by atoms with van der Waals surface area (Å²) in [5, 5.41) is 9.13. The summed E-state index contributed by atoms with van der Waals surface area (Å²) < 4.78 is 0. The second kappa shape index (κ2) is 5.87. The Morgan fingerprint density at radius 3 is 2.16 bits per heavy atom. The van der Waals surface area contributed by atoms with E-state index in [0.29, 0.717) is 5.56 Å². The van der Waals surface area contributed by atoms with Crippen LogP contribution < -0.4 is 0 Å². The number of carbonyl (C=O) groups excluding carboxylic acids is 1. The summed E-state index contributed by atoms with van der Waals surface area (Å²) in [4.78, 5) is 24.6. The molecule has 0 aliphatic heterocycles. The third-order valence-electron chi connectivity index (χ3n) is 3.41. The third kappa shape index (κ3) is 3.34. The highest BCUT2D eigenvalue weighted by molar-refractivity contribution is 5.97. The van der Waals surface area contributed by atoms with Crippen LogP contribution in [0.1, 0.15) is 43.1 Å². The minimum absolute atomic E-state index is 0.282. The van der Waals surface area contributed by atoms with Crippen molar-refractivity contribution in [3.63, 3.8) is 0 Å². The number of benzene rings is 1. The van der Waals surface area contributed by atoms with E-state index in [1.807, 2.05) is 12.1 Å². The molecule has 1 aromatic rings. The molecule has 19 heavy (non-hydrogen) atoms. The van der Waals surface area contributed by atoms with E-state index < -0.39 is 11.5 Å². The van der Waals surface area contributed by atoms with Crippen LogP contribution in [-0.4, -0.2) is 34.5 Å². The van der Waals surface area contributed by atoms with Crippen LogP contribution in [0.4, 0.5) is 0 Å². The molecule has 4 nitrogen and oxygen atoms in total. The van der Waals surface area contributed by atoms with Crippen molar-refractivity contribution in [2.45, 2.75) is 39.2 Å². The Bertz CT molecular complexity index is 463. The molecule has 0 atom stereocenters. The maximum Gasteiger partial charge on any atom is 0.329 e. The van der Waals surface area contributed by atoms with E-state index in [1.54, 1.807) is 12.1 Å². The quantitative estimate of drug-likeness (QED) is 0.888. The summed E-state index contributed by atoms with van der Waals surface area (Å²) in [5.41, 5.74) is 0.468. The number of nitrogens with zero attached hydrogens (tertiary/aromatic N) is 1. The number of carboxylic acids is 1. The van der Waals surface area contributed by atoms with Crippen molar-refractivity contribution in [2.24, 2.45) is 0 Å². The molecule has 1 rings (SSSR count). The number of likely N-dealkylation sites (N-methyl/N-ethyl adjacent to an activating group) is 1. The molecule has 0 bridgehead atoms. The fourth-order valence-corrected chi connectivity index (χ4v) is 1.69. The molecule has 1 N–H and O–H groups in total. The van der Waals surface area contributed by atoms with E-state index in [-0.39, 0.29) is 5.91 Å². The van der Waals surface area contributed by atoms with Crippen LogP contribution in [0.2, 0.25) is 0 Å². The Kier molecular flexibility index (Phi) is 4.70. The van der Waals surface area contributed by atoms with Gasteiger partial charge >= 0.3 is 5.97 Å². The molecule has 0 saturated carbocycles. The summed E-state index contributed by atoms with van der Waals surface area (Å²) >= 11 is 0. The largest absolute Gasteiger partial charge is 0.480 e. The highest BCUT2D eigenvalue weighted by atomic mass is 16.4. The van der Waals surface area contributed by atoms with Crippen LogP contribution in [0.3, 0.4) is 0 Å². The molecule has 4 heteroatoms. The van der Waals surface area contributed by atoms with Crippen LogP contribution in [0, 0.1) is 0 Å². The third-order valence-corrected chi connectivity index (χ3v) is 3.41. The van der Waals surface area contributed by atoms with E-state index >= 15 is 0 Å². The summed E-state index contributed by atoms with van der Waals surface area (Å²) in [7, 11) is 1.51. The van der Waals surface area contributed by atoms with Crippen molar-refractivity contribution in [3.8, 4) is 0 Å². The monoisotopic (exact) mass is 263 g/mol. The van der Waals surface area contributed by atoms with Crippen LogP contribution >= 0.6 is 0 Å². The summed E-state index contributed by atoms with van der Waals surface area (Å²) in [5.74, 6) is -1.30. The molecule has 0 spiro atoms. The lowest BCUT2D eigenvalue weighted by Crippen LogP contribution is -2.50. The van der Waals surface area contributed by atoms with Gasteiger partial charge < -0.3 is 10.0 Å². The number of carboxylic acid groups (broad SMARTS) is 1. The number of amides is 1. The lowest BCUT2D eigenvalue weighted by atomic mass is 10.0. The fourth-order valence-electron chi connectivity index (χ4n) is 1.69. The molecule has 1 amide bonds. The Morgan fingerprint density at radius 2 is 1.74 bits per heavy atom. The highest BCUT2D eigenvalue weighted by Crippen LogP contribution is 2.17. The van der Waals surface area contributed by atoms with Gasteiger partial charge in [-0.3, -0.25) is 4.79 Å². The van der Waals surface area contributed by atoms with E-state index in [2.05, 4.69) is 6.92 Å². The maximum atomic E-state index is 12.2. The number of rotatable bonds is 5. The first kappa shape index (κ1) is 15.2. The smallest absolute Gasteiger partial charge is 0.329 e. The summed E-state index contributed by atoms with van der Waals surface area (Å²) in [6.07, 6.45) is 2.03. The van der Waals surface area contributed by atoms with Crippen molar-refractivity contribution >= 4 is 11.9 Å². The molecule has 0 radical (unpaired) electrons. The fraction of sp³-hybridized carbons (Fsp3) is 0.467. The van der Waals surface area contributed by atoms with Crippen molar-refractivity contribution in [2.75, 3.05) is 7.05 Å². The van der Waals surface area contributed by atoms with E-state index in [1.165, 1.54) is 31.4 Å². The number of carbonyl (C=O) groups is 2. The first-order valence-electron chi connectivity index (χ1n) is 6.41. The van der Waals surface area contributed by atoms with Gasteiger partial charge in [0.2, 0.25) is 0 Å². The van der Waals surface area contributed by atoms with Crippen LogP contribution in [-0.2, 0) is 11.2 Å². The second-order valence-corrected chi connectivity index (χ2v) is 5.18. The zero-order chi connectivity index (χ0) is 14.6. The molecule has 0 unspecified atom stereocenters. The van der Waals surface area contributed by atoms with Gasteiger partial charge in [-0.1, -0.05) is 25.5 Å². The van der Waals surface area contributed by atoms with Crippen molar-refractivity contribution in [1.82, 2.24) is 4.90 Å². The van der Waals surface area contributed by atoms with E-state index in [0.717, 1.165) is 12.8 Å². The first-order chi connectivity index (χ1) is 8.80. The second-order valence-electron chi connectivity index (χ2n) is 5.18. The van der Waals surface area contributed by atoms with Gasteiger partial charge in [0, 0.05) is 12.6 Å². The summed E-state index contributed by atoms with van der Waals surface area (Å²) in [6.45, 7) is 5.12. The molecule has 0 heterocycles. The molecule has 0 aliphatic rings. The van der Waals surface area contributed by atoms with Gasteiger partial charge in [-0.25, -0.2) is 4.79 Å². The van der Waals surface area contributed by atoms with Gasteiger partial charge in [0.1, 0.15) is 5.54 Å². The van der Waals surface area contributed by atoms with Crippen LogP contribution in [0.15, 0.2) is 24.3 Å². The molecular formula is C15H21NO3. The SMILES string of the molecule is CCCc1ccc(C(=O)N(C)C(C)(C)C(=O)O)cc1. The van der Waals surface area contributed by atoms with Gasteiger partial charge in [0.05, 0.1) is 0 Å². The van der Waals surface area contributed by atoms with Gasteiger partial charge in [-0.2, -0.15) is 0 Å². The van der Waals surface area contributed by atoms with Gasteiger partial charge in [-0.05, 0) is 38.0 Å². The molecule has 104 valence electrons. The molecule has 0 fully saturated rings. The highest BCUT2D eigenvalue weighted by Gasteiger charge is 2.35. The Balaban J connectivity index is 2.91. The Labute approximate surface area is 114 Å². The molecule has 0 aliphatic carbocycles. The average molecular weight is 263 g/mol. The van der Waals surface area contributed by atoms with Gasteiger partial charge in [-0.15, -0.1) is 0 Å². The lowest BCUT2D eigenvalue weighted by molar-refractivity contribution is -0.147. The van der Waals surface area contributed by atoms with Crippen LogP contribution in [0.25, 0.3) is 0 Å².